The summed E-state index contributed by atoms with van der Waals surface area (Å²) in [7, 11) is -3.53. The van der Waals surface area contributed by atoms with E-state index in [2.05, 4.69) is 9.82 Å². The summed E-state index contributed by atoms with van der Waals surface area (Å²) in [6, 6.07) is 3.75. The molecule has 0 spiro atoms. The van der Waals surface area contributed by atoms with E-state index in [1.807, 2.05) is 17.5 Å². The number of nitrogens with zero attached hydrogens (tertiary/aromatic N) is 2. The summed E-state index contributed by atoms with van der Waals surface area (Å²) in [6.45, 7) is 0.831. The van der Waals surface area contributed by atoms with Gasteiger partial charge in [0.2, 0.25) is 10.0 Å². The van der Waals surface area contributed by atoms with Crippen molar-refractivity contribution >= 4 is 21.4 Å². The number of thiophene rings is 1. The average Bonchev–Trinajstić information content (AvgIpc) is 3.05. The second kappa shape index (κ2) is 6.29. The van der Waals surface area contributed by atoms with Crippen LogP contribution < -0.4 is 4.72 Å². The van der Waals surface area contributed by atoms with Crippen LogP contribution in [-0.2, 0) is 23.1 Å². The van der Waals surface area contributed by atoms with Gasteiger partial charge in [0, 0.05) is 30.8 Å². The largest absolute Gasteiger partial charge is 0.396 e. The minimum atomic E-state index is -3.53. The molecule has 2 aromatic rings. The highest BCUT2D eigenvalue weighted by Gasteiger charge is 2.16. The molecular formula is C11H15N3O3S2. The summed E-state index contributed by atoms with van der Waals surface area (Å²) in [5, 5.41) is 14.6. The Labute approximate surface area is 115 Å². The highest BCUT2D eigenvalue weighted by molar-refractivity contribution is 7.89. The Bertz CT molecular complexity index is 605. The fourth-order valence-corrected chi connectivity index (χ4v) is 3.20. The Hall–Kier alpha value is -1.22. The van der Waals surface area contributed by atoms with Crippen molar-refractivity contribution in [2.24, 2.45) is 0 Å². The van der Waals surface area contributed by atoms with Crippen molar-refractivity contribution in [3.05, 3.63) is 34.8 Å². The number of aliphatic hydroxyl groups excluding tert-OH is 1. The first-order chi connectivity index (χ1) is 9.12. The topological polar surface area (TPSA) is 84.2 Å². The molecule has 0 bridgehead atoms. The smallest absolute Gasteiger partial charge is 0.244 e. The molecule has 0 radical (unpaired) electrons. The van der Waals surface area contributed by atoms with Crippen molar-refractivity contribution in [2.75, 3.05) is 6.61 Å². The van der Waals surface area contributed by atoms with Crippen molar-refractivity contribution in [1.29, 1.82) is 0 Å². The monoisotopic (exact) mass is 301 g/mol. The van der Waals surface area contributed by atoms with Crippen LogP contribution in [0.1, 0.15) is 11.3 Å². The van der Waals surface area contributed by atoms with Crippen LogP contribution in [0.3, 0.4) is 0 Å². The number of sulfonamides is 1. The number of rotatable bonds is 7. The summed E-state index contributed by atoms with van der Waals surface area (Å²) in [4.78, 5) is 1.10. The van der Waals surface area contributed by atoms with Crippen molar-refractivity contribution in [3.63, 3.8) is 0 Å². The number of aromatic nitrogens is 2. The molecule has 19 heavy (non-hydrogen) atoms. The zero-order chi connectivity index (χ0) is 13.7. The molecule has 0 aliphatic heterocycles. The van der Waals surface area contributed by atoms with E-state index in [9.17, 15) is 8.42 Å². The molecule has 0 amide bonds. The predicted molar refractivity (Wildman–Crippen MR) is 72.3 cm³/mol. The molecule has 2 N–H and O–H groups in total. The fraction of sp³-hybridized carbons (Fsp3) is 0.364. The van der Waals surface area contributed by atoms with Gasteiger partial charge in [0.05, 0.1) is 6.20 Å². The standard InChI is InChI=1S/C11H15N3O3S2/c15-5-2-4-14-9-11(8-12-14)19(16,17)13-7-10-3-1-6-18-10/h1,3,6,8-9,13,15H,2,4-5,7H2. The van der Waals surface area contributed by atoms with Crippen molar-refractivity contribution < 1.29 is 13.5 Å². The van der Waals surface area contributed by atoms with Gasteiger partial charge in [-0.1, -0.05) is 6.07 Å². The number of hydrogen-bond donors (Lipinski definition) is 2. The van der Waals surface area contributed by atoms with Gasteiger partial charge < -0.3 is 5.11 Å². The first-order valence-corrected chi connectivity index (χ1v) is 8.13. The van der Waals surface area contributed by atoms with E-state index in [4.69, 9.17) is 5.11 Å². The third-order valence-electron chi connectivity index (χ3n) is 2.48. The van der Waals surface area contributed by atoms with Crippen LogP contribution in [0.15, 0.2) is 34.8 Å². The van der Waals surface area contributed by atoms with Crippen molar-refractivity contribution in [1.82, 2.24) is 14.5 Å². The molecule has 2 heterocycles. The van der Waals surface area contributed by atoms with Gasteiger partial charge in [-0.25, -0.2) is 13.1 Å². The van der Waals surface area contributed by atoms with Crippen LogP contribution in [0.4, 0.5) is 0 Å². The van der Waals surface area contributed by atoms with E-state index in [-0.39, 0.29) is 18.0 Å². The van der Waals surface area contributed by atoms with Gasteiger partial charge >= 0.3 is 0 Å². The molecule has 0 unspecified atom stereocenters. The Morgan fingerprint density at radius 2 is 2.32 bits per heavy atom. The maximum absolute atomic E-state index is 12.0. The quantitative estimate of drug-likeness (QED) is 0.792. The Balaban J connectivity index is 2.00. The van der Waals surface area contributed by atoms with Crippen molar-refractivity contribution in [3.8, 4) is 0 Å². The highest BCUT2D eigenvalue weighted by Crippen LogP contribution is 2.11. The minimum absolute atomic E-state index is 0.0541. The first kappa shape index (κ1) is 14.2. The van der Waals surface area contributed by atoms with Gasteiger partial charge in [-0.05, 0) is 17.9 Å². The molecule has 2 rings (SSSR count). The van der Waals surface area contributed by atoms with E-state index < -0.39 is 10.0 Å². The third-order valence-corrected chi connectivity index (χ3v) is 4.71. The van der Waals surface area contributed by atoms with E-state index in [0.29, 0.717) is 13.0 Å². The summed E-state index contributed by atoms with van der Waals surface area (Å²) >= 11 is 1.50. The van der Waals surface area contributed by atoms with E-state index in [1.54, 1.807) is 0 Å². The average molecular weight is 301 g/mol. The zero-order valence-electron chi connectivity index (χ0n) is 10.2. The molecule has 0 aliphatic carbocycles. The first-order valence-electron chi connectivity index (χ1n) is 5.77. The number of aliphatic hydroxyl groups is 1. The molecule has 0 fully saturated rings. The fourth-order valence-electron chi connectivity index (χ4n) is 1.50. The lowest BCUT2D eigenvalue weighted by Gasteiger charge is -2.02. The summed E-state index contributed by atoms with van der Waals surface area (Å²) in [5.74, 6) is 0. The predicted octanol–water partition coefficient (Wildman–Crippen LogP) is 0.805. The second-order valence-corrected chi connectivity index (χ2v) is 6.72. The Morgan fingerprint density at radius 1 is 1.47 bits per heavy atom. The van der Waals surface area contributed by atoms with E-state index >= 15 is 0 Å². The van der Waals surface area contributed by atoms with Gasteiger partial charge in [-0.3, -0.25) is 4.68 Å². The second-order valence-electron chi connectivity index (χ2n) is 3.92. The molecule has 0 aliphatic rings. The molecule has 0 aromatic carbocycles. The van der Waals surface area contributed by atoms with Gasteiger partial charge in [0.15, 0.2) is 0 Å². The van der Waals surface area contributed by atoms with E-state index in [1.165, 1.54) is 28.4 Å². The number of nitrogens with one attached hydrogen (secondary N) is 1. The van der Waals surface area contributed by atoms with Crippen LogP contribution in [0.5, 0.6) is 0 Å². The lowest BCUT2D eigenvalue weighted by atomic mass is 10.5. The van der Waals surface area contributed by atoms with Crippen LogP contribution in [-0.4, -0.2) is 29.9 Å². The maximum Gasteiger partial charge on any atom is 0.244 e. The maximum atomic E-state index is 12.0. The van der Waals surface area contributed by atoms with Crippen LogP contribution in [0.2, 0.25) is 0 Å². The van der Waals surface area contributed by atoms with Crippen molar-refractivity contribution in [2.45, 2.75) is 24.4 Å². The minimum Gasteiger partial charge on any atom is -0.396 e. The Kier molecular flexibility index (Phi) is 4.70. The highest BCUT2D eigenvalue weighted by atomic mass is 32.2. The lowest BCUT2D eigenvalue weighted by molar-refractivity contribution is 0.277. The molecule has 2 aromatic heterocycles. The molecule has 6 nitrogen and oxygen atoms in total. The van der Waals surface area contributed by atoms with Gasteiger partial charge in [-0.2, -0.15) is 5.10 Å². The van der Waals surface area contributed by atoms with Gasteiger partial charge in [-0.15, -0.1) is 11.3 Å². The number of hydrogen-bond acceptors (Lipinski definition) is 5. The lowest BCUT2D eigenvalue weighted by Crippen LogP contribution is -2.22. The molecule has 0 saturated carbocycles. The molecule has 104 valence electrons. The molecular weight excluding hydrogens is 286 g/mol. The SMILES string of the molecule is O=S(=O)(NCc1cccs1)c1cnn(CCCO)c1. The molecule has 8 heteroatoms. The van der Waals surface area contributed by atoms with Crippen LogP contribution >= 0.6 is 11.3 Å². The van der Waals surface area contributed by atoms with E-state index in [0.717, 1.165) is 4.88 Å². The summed E-state index contributed by atoms with van der Waals surface area (Å²) < 4.78 is 28.0. The zero-order valence-corrected chi connectivity index (χ0v) is 11.8. The van der Waals surface area contributed by atoms with Gasteiger partial charge in [0.25, 0.3) is 0 Å². The summed E-state index contributed by atoms with van der Waals surface area (Å²) in [5.41, 5.74) is 0. The van der Waals surface area contributed by atoms with Gasteiger partial charge in [0.1, 0.15) is 4.90 Å². The Morgan fingerprint density at radius 3 is 3.00 bits per heavy atom. The number of aryl methyl sites for hydroxylation is 1. The third kappa shape index (κ3) is 3.87. The normalized spacial score (nSPS) is 11.8. The molecule has 0 atom stereocenters. The molecule has 0 saturated heterocycles. The van der Waals surface area contributed by atoms with Crippen LogP contribution in [0.25, 0.3) is 0 Å². The summed E-state index contributed by atoms with van der Waals surface area (Å²) in [6.07, 6.45) is 3.32. The van der Waals surface area contributed by atoms with Crippen LogP contribution in [0, 0.1) is 0 Å².